The second-order valence-electron chi connectivity index (χ2n) is 10.3. The number of rotatable bonds is 0. The van der Waals surface area contributed by atoms with Crippen LogP contribution in [0, 0.1) is 0 Å². The van der Waals surface area contributed by atoms with Gasteiger partial charge < -0.3 is 9.80 Å². The minimum absolute atomic E-state index is 1.20. The summed E-state index contributed by atoms with van der Waals surface area (Å²) in [5, 5.41) is 0. The molecule has 0 amide bonds. The van der Waals surface area contributed by atoms with Crippen LogP contribution in [0.2, 0.25) is 0 Å². The third-order valence-corrected chi connectivity index (χ3v) is 7.38. The first-order valence-corrected chi connectivity index (χ1v) is 13.8. The third-order valence-electron chi connectivity index (χ3n) is 7.38. The highest BCUT2D eigenvalue weighted by molar-refractivity contribution is 5.18. The van der Waals surface area contributed by atoms with E-state index in [1.165, 1.54) is 135 Å². The monoisotopic (exact) mass is 426 g/mol. The minimum Gasteiger partial charge on any atom is -0.305 e. The van der Waals surface area contributed by atoms with E-state index in [9.17, 15) is 0 Å². The normalized spacial score (nSPS) is 28.6. The van der Waals surface area contributed by atoms with Gasteiger partial charge in [-0.1, -0.05) is 69.9 Å². The molecule has 174 valence electrons. The standard InChI is InChI=1S/C29H48N2/c1-2-6-10-14-22-30-24-17-21-29(27-30)19-13-9-5-3-7-11-15-23-31-25-16-20-28(26-31)18-12-8-4-1/h16-17,20-21,26-27H,1-15,18-19,22-25H2/p+2. The Morgan fingerprint density at radius 2 is 0.774 bits per heavy atom. The number of quaternary nitrogens is 2. The molecule has 3 aliphatic heterocycles. The fourth-order valence-corrected chi connectivity index (χ4v) is 5.43. The van der Waals surface area contributed by atoms with Crippen LogP contribution in [-0.4, -0.2) is 26.2 Å². The molecule has 2 atom stereocenters. The molecule has 2 N–H and O–H groups in total. The average Bonchev–Trinajstić information content (AvgIpc) is 2.79. The summed E-state index contributed by atoms with van der Waals surface area (Å²) in [5.74, 6) is 0. The molecule has 0 spiro atoms. The Labute approximate surface area is 193 Å². The molecule has 4 bridgehead atoms. The fraction of sp³-hybridized carbons (Fsp3) is 0.724. The number of hydrogen-bond donors (Lipinski definition) is 2. The van der Waals surface area contributed by atoms with Crippen LogP contribution in [0.3, 0.4) is 0 Å². The Hall–Kier alpha value is -1.12. The minimum atomic E-state index is 1.20. The Balaban J connectivity index is 1.39. The van der Waals surface area contributed by atoms with Crippen LogP contribution in [0.25, 0.3) is 0 Å². The predicted octanol–water partition coefficient (Wildman–Crippen LogP) is 5.31. The van der Waals surface area contributed by atoms with Crippen molar-refractivity contribution in [2.75, 3.05) is 26.2 Å². The number of allylic oxidation sites excluding steroid dienone is 4. The van der Waals surface area contributed by atoms with Crippen molar-refractivity contribution in [2.24, 2.45) is 0 Å². The highest BCUT2D eigenvalue weighted by Crippen LogP contribution is 2.15. The van der Waals surface area contributed by atoms with E-state index < -0.39 is 0 Å². The van der Waals surface area contributed by atoms with Gasteiger partial charge in [0.1, 0.15) is 13.1 Å². The predicted molar refractivity (Wildman–Crippen MR) is 134 cm³/mol. The highest BCUT2D eigenvalue weighted by Gasteiger charge is 2.11. The van der Waals surface area contributed by atoms with Gasteiger partial charge in [-0.05, 0) is 63.5 Å². The van der Waals surface area contributed by atoms with E-state index >= 15 is 0 Å². The van der Waals surface area contributed by atoms with Crippen molar-refractivity contribution >= 4 is 0 Å². The second-order valence-corrected chi connectivity index (χ2v) is 10.3. The first-order chi connectivity index (χ1) is 15.4. The van der Waals surface area contributed by atoms with Crippen molar-refractivity contribution < 1.29 is 9.80 Å². The van der Waals surface area contributed by atoms with Crippen LogP contribution < -0.4 is 9.80 Å². The first kappa shape index (κ1) is 24.5. The first-order valence-electron chi connectivity index (χ1n) is 13.8. The summed E-state index contributed by atoms with van der Waals surface area (Å²) in [6, 6.07) is 0. The maximum Gasteiger partial charge on any atom is 0.100 e. The maximum atomic E-state index is 2.54. The zero-order valence-corrected chi connectivity index (χ0v) is 20.3. The number of fused-ring (bicyclic) bond motifs is 2. The lowest BCUT2D eigenvalue weighted by molar-refractivity contribution is -0.842. The summed E-state index contributed by atoms with van der Waals surface area (Å²) in [6.07, 6.45) is 38.5. The van der Waals surface area contributed by atoms with Gasteiger partial charge in [0.15, 0.2) is 0 Å². The molecule has 0 aliphatic carbocycles. The Bertz CT molecular complexity index is 598. The number of nitrogens with one attached hydrogen (secondary N) is 2. The average molecular weight is 427 g/mol. The zero-order valence-electron chi connectivity index (χ0n) is 20.3. The van der Waals surface area contributed by atoms with Crippen LogP contribution in [0.1, 0.15) is 109 Å². The van der Waals surface area contributed by atoms with E-state index in [1.54, 1.807) is 20.9 Å². The summed E-state index contributed by atoms with van der Waals surface area (Å²) in [7, 11) is 0. The highest BCUT2D eigenvalue weighted by atomic mass is 15.1. The van der Waals surface area contributed by atoms with Gasteiger partial charge in [-0.2, -0.15) is 0 Å². The molecule has 0 radical (unpaired) electrons. The van der Waals surface area contributed by atoms with Crippen molar-refractivity contribution in [3.8, 4) is 0 Å². The Kier molecular flexibility index (Phi) is 12.4. The molecule has 0 aromatic carbocycles. The molecule has 2 nitrogen and oxygen atoms in total. The molecular weight excluding hydrogens is 376 g/mol. The van der Waals surface area contributed by atoms with Crippen LogP contribution in [0.5, 0.6) is 0 Å². The summed E-state index contributed by atoms with van der Waals surface area (Å²) in [5.41, 5.74) is 3.19. The van der Waals surface area contributed by atoms with E-state index in [1.807, 2.05) is 0 Å². The largest absolute Gasteiger partial charge is 0.305 e. The van der Waals surface area contributed by atoms with Gasteiger partial charge in [-0.25, -0.2) is 0 Å². The molecule has 2 heteroatoms. The molecule has 0 saturated carbocycles. The third kappa shape index (κ3) is 10.8. The molecule has 0 fully saturated rings. The quantitative estimate of drug-likeness (QED) is 0.519. The van der Waals surface area contributed by atoms with Crippen LogP contribution >= 0.6 is 0 Å². The molecule has 3 heterocycles. The van der Waals surface area contributed by atoms with Gasteiger partial charge in [-0.15, -0.1) is 0 Å². The fourth-order valence-electron chi connectivity index (χ4n) is 5.43. The van der Waals surface area contributed by atoms with Gasteiger partial charge in [0.25, 0.3) is 0 Å². The van der Waals surface area contributed by atoms with Crippen LogP contribution in [0.15, 0.2) is 47.9 Å². The van der Waals surface area contributed by atoms with Gasteiger partial charge >= 0.3 is 0 Å². The summed E-state index contributed by atoms with van der Waals surface area (Å²) in [4.78, 5) is 3.38. The molecule has 31 heavy (non-hydrogen) atoms. The smallest absolute Gasteiger partial charge is 0.100 e. The summed E-state index contributed by atoms with van der Waals surface area (Å²) < 4.78 is 0. The van der Waals surface area contributed by atoms with Crippen molar-refractivity contribution in [1.82, 2.24) is 0 Å². The van der Waals surface area contributed by atoms with Crippen molar-refractivity contribution in [2.45, 2.75) is 109 Å². The lowest BCUT2D eigenvalue weighted by atomic mass is 10.0. The second kappa shape index (κ2) is 15.6. The molecule has 0 aromatic rings. The van der Waals surface area contributed by atoms with E-state index in [2.05, 4.69) is 36.7 Å². The van der Waals surface area contributed by atoms with Crippen LogP contribution in [-0.2, 0) is 0 Å². The van der Waals surface area contributed by atoms with E-state index in [-0.39, 0.29) is 0 Å². The molecule has 0 saturated heterocycles. The topological polar surface area (TPSA) is 8.88 Å². The summed E-state index contributed by atoms with van der Waals surface area (Å²) >= 11 is 0. The number of hydrogen-bond acceptors (Lipinski definition) is 0. The molecular formula is C29H50N2+2. The van der Waals surface area contributed by atoms with Crippen molar-refractivity contribution in [3.05, 3.63) is 47.9 Å². The van der Waals surface area contributed by atoms with E-state index in [0.717, 1.165) is 0 Å². The lowest BCUT2D eigenvalue weighted by Crippen LogP contribution is -3.07. The van der Waals surface area contributed by atoms with E-state index in [4.69, 9.17) is 0 Å². The van der Waals surface area contributed by atoms with Crippen LogP contribution in [0.4, 0.5) is 0 Å². The van der Waals surface area contributed by atoms with Gasteiger partial charge in [-0.3, -0.25) is 0 Å². The van der Waals surface area contributed by atoms with Gasteiger partial charge in [0.2, 0.25) is 0 Å². The van der Waals surface area contributed by atoms with Gasteiger partial charge in [0, 0.05) is 11.1 Å². The van der Waals surface area contributed by atoms with Gasteiger partial charge in [0.05, 0.1) is 25.5 Å². The molecule has 3 aliphatic rings. The Morgan fingerprint density at radius 3 is 1.19 bits per heavy atom. The van der Waals surface area contributed by atoms with E-state index in [0.29, 0.717) is 0 Å². The Morgan fingerprint density at radius 1 is 0.419 bits per heavy atom. The molecule has 3 rings (SSSR count). The zero-order chi connectivity index (χ0) is 21.4. The van der Waals surface area contributed by atoms with Crippen molar-refractivity contribution in [3.63, 3.8) is 0 Å². The summed E-state index contributed by atoms with van der Waals surface area (Å²) in [6.45, 7) is 5.06. The van der Waals surface area contributed by atoms with Crippen molar-refractivity contribution in [1.29, 1.82) is 0 Å². The molecule has 0 aromatic heterocycles. The SMILES string of the molecule is C1=CC2=C[NH+](C1)CCCCCCCCCCC1=C[NH+](CC=C1)CCCCCCCCC2. The maximum absolute atomic E-state index is 2.54. The molecule has 2 unspecified atom stereocenters. The lowest BCUT2D eigenvalue weighted by Gasteiger charge is -2.18.